The number of carbonyl (C=O) groups excluding carboxylic acids is 3. The largest absolute Gasteiger partial charge is 0.535 e. The molecular weight excluding hydrogens is 313 g/mol. The predicted molar refractivity (Wildman–Crippen MR) is 85.0 cm³/mol. The Morgan fingerprint density at radius 3 is 2.88 bits per heavy atom. The Balaban J connectivity index is 1.68. The normalized spacial score (nSPS) is 19.6. The molecule has 126 valence electrons. The molecule has 1 N–H and O–H groups in total. The summed E-state index contributed by atoms with van der Waals surface area (Å²) >= 11 is 0. The number of hydrogen-bond acceptors (Lipinski definition) is 6. The molecular formula is C16H18BNO6. The molecule has 1 fully saturated rings. The number of fused-ring (bicyclic) bond motifs is 1. The van der Waals surface area contributed by atoms with Crippen LogP contribution in [0.2, 0.25) is 5.82 Å². The van der Waals surface area contributed by atoms with Crippen molar-refractivity contribution in [3.05, 3.63) is 29.3 Å². The average molecular weight is 331 g/mol. The van der Waals surface area contributed by atoms with Crippen LogP contribution in [0.15, 0.2) is 18.2 Å². The zero-order valence-corrected chi connectivity index (χ0v) is 13.4. The summed E-state index contributed by atoms with van der Waals surface area (Å²) in [4.78, 5) is 36.5. The third-order valence-corrected chi connectivity index (χ3v) is 4.30. The number of rotatable bonds is 5. The van der Waals surface area contributed by atoms with E-state index >= 15 is 0 Å². The molecule has 2 aliphatic heterocycles. The smallest absolute Gasteiger partial charge is 0.526 e. The van der Waals surface area contributed by atoms with Gasteiger partial charge in [-0.05, 0) is 25.0 Å². The summed E-state index contributed by atoms with van der Waals surface area (Å²) in [6.07, 6.45) is 0.0444. The minimum Gasteiger partial charge on any atom is -0.535 e. The van der Waals surface area contributed by atoms with Crippen molar-refractivity contribution in [3.8, 4) is 5.75 Å². The summed E-state index contributed by atoms with van der Waals surface area (Å²) in [6, 6.07) is 5.23. The van der Waals surface area contributed by atoms with Crippen LogP contribution >= 0.6 is 0 Å². The Morgan fingerprint density at radius 1 is 1.42 bits per heavy atom. The standard InChI is InChI=1S/C16H18BNO6/c1-10(19)14-4-2-3-11-7-12(17(22)24-15(11)14)8-13(20)9-18-5-6-23-16(18)21/h2-4,12,22H,5-9H2,1H3/t12-/m1/s1. The molecule has 0 radical (unpaired) electrons. The molecule has 0 saturated carbocycles. The number of para-hydroxylation sites is 1. The lowest BCUT2D eigenvalue weighted by molar-refractivity contribution is -0.119. The van der Waals surface area contributed by atoms with Crippen molar-refractivity contribution in [1.29, 1.82) is 0 Å². The van der Waals surface area contributed by atoms with Gasteiger partial charge >= 0.3 is 13.2 Å². The lowest BCUT2D eigenvalue weighted by Gasteiger charge is -2.28. The highest BCUT2D eigenvalue weighted by molar-refractivity contribution is 6.47. The van der Waals surface area contributed by atoms with Crippen molar-refractivity contribution in [2.45, 2.75) is 25.6 Å². The monoisotopic (exact) mass is 331 g/mol. The van der Waals surface area contributed by atoms with E-state index in [9.17, 15) is 19.4 Å². The molecule has 0 bridgehead atoms. The van der Waals surface area contributed by atoms with Gasteiger partial charge in [0.25, 0.3) is 0 Å². The zero-order chi connectivity index (χ0) is 17.3. The van der Waals surface area contributed by atoms with E-state index in [-0.39, 0.29) is 24.5 Å². The fourth-order valence-electron chi connectivity index (χ4n) is 3.07. The van der Waals surface area contributed by atoms with Crippen LogP contribution in [0, 0.1) is 0 Å². The Labute approximate surface area is 139 Å². The number of benzene rings is 1. The molecule has 2 heterocycles. The van der Waals surface area contributed by atoms with Crippen LogP contribution < -0.4 is 4.65 Å². The molecule has 8 heteroatoms. The highest BCUT2D eigenvalue weighted by Crippen LogP contribution is 2.36. The van der Waals surface area contributed by atoms with Gasteiger partial charge in [0.05, 0.1) is 18.7 Å². The summed E-state index contributed by atoms with van der Waals surface area (Å²) in [5.41, 5.74) is 1.22. The number of carbonyl (C=O) groups is 3. The van der Waals surface area contributed by atoms with Crippen LogP contribution in [0.25, 0.3) is 0 Å². The van der Waals surface area contributed by atoms with Crippen LogP contribution in [0.3, 0.4) is 0 Å². The lowest BCUT2D eigenvalue weighted by Crippen LogP contribution is -2.38. The third-order valence-electron chi connectivity index (χ3n) is 4.30. The van der Waals surface area contributed by atoms with Gasteiger partial charge in [-0.3, -0.25) is 14.5 Å². The minimum absolute atomic E-state index is 0.0254. The fraction of sp³-hybridized carbons (Fsp3) is 0.438. The molecule has 1 aromatic rings. The zero-order valence-electron chi connectivity index (χ0n) is 13.4. The predicted octanol–water partition coefficient (Wildman–Crippen LogP) is 1.09. The third kappa shape index (κ3) is 3.28. The summed E-state index contributed by atoms with van der Waals surface area (Å²) in [5.74, 6) is -0.316. The van der Waals surface area contributed by atoms with Crippen LogP contribution in [-0.4, -0.2) is 54.4 Å². The summed E-state index contributed by atoms with van der Waals surface area (Å²) in [6.45, 7) is 2.11. The van der Waals surface area contributed by atoms with Crippen molar-refractivity contribution in [2.24, 2.45) is 0 Å². The van der Waals surface area contributed by atoms with Crippen molar-refractivity contribution >= 4 is 24.8 Å². The van der Waals surface area contributed by atoms with E-state index in [0.717, 1.165) is 5.56 Å². The first kappa shape index (κ1) is 16.5. The average Bonchev–Trinajstić information content (AvgIpc) is 2.92. The molecule has 1 atom stereocenters. The molecule has 7 nitrogen and oxygen atoms in total. The van der Waals surface area contributed by atoms with Gasteiger partial charge in [-0.25, -0.2) is 4.79 Å². The van der Waals surface area contributed by atoms with Crippen molar-refractivity contribution in [3.63, 3.8) is 0 Å². The van der Waals surface area contributed by atoms with Crippen LogP contribution in [0.1, 0.15) is 29.3 Å². The molecule has 0 aliphatic carbocycles. The van der Waals surface area contributed by atoms with Gasteiger partial charge < -0.3 is 14.4 Å². The van der Waals surface area contributed by atoms with Gasteiger partial charge in [-0.2, -0.15) is 0 Å². The first-order valence-electron chi connectivity index (χ1n) is 7.86. The molecule has 2 aliphatic rings. The Morgan fingerprint density at radius 2 is 2.21 bits per heavy atom. The summed E-state index contributed by atoms with van der Waals surface area (Å²) in [7, 11) is -1.16. The topological polar surface area (TPSA) is 93.1 Å². The number of ketones is 2. The van der Waals surface area contributed by atoms with Crippen molar-refractivity contribution < 1.29 is 28.8 Å². The van der Waals surface area contributed by atoms with E-state index in [1.54, 1.807) is 12.1 Å². The molecule has 1 saturated heterocycles. The van der Waals surface area contributed by atoms with E-state index < -0.39 is 19.0 Å². The minimum atomic E-state index is -1.16. The van der Waals surface area contributed by atoms with Gasteiger partial charge in [0.1, 0.15) is 12.4 Å². The van der Waals surface area contributed by atoms with E-state index in [0.29, 0.717) is 30.9 Å². The molecule has 0 unspecified atom stereocenters. The van der Waals surface area contributed by atoms with Crippen LogP contribution in [0.4, 0.5) is 4.79 Å². The molecule has 24 heavy (non-hydrogen) atoms. The summed E-state index contributed by atoms with van der Waals surface area (Å²) in [5, 5.41) is 10.2. The lowest BCUT2D eigenvalue weighted by atomic mass is 9.64. The molecule has 0 aromatic heterocycles. The number of amides is 1. The van der Waals surface area contributed by atoms with Gasteiger partial charge in [0.15, 0.2) is 11.6 Å². The summed E-state index contributed by atoms with van der Waals surface area (Å²) < 4.78 is 10.3. The highest BCUT2D eigenvalue weighted by Gasteiger charge is 2.38. The van der Waals surface area contributed by atoms with E-state index in [1.807, 2.05) is 6.07 Å². The Hall–Kier alpha value is -2.35. The van der Waals surface area contributed by atoms with Crippen LogP contribution in [-0.2, 0) is 16.0 Å². The van der Waals surface area contributed by atoms with E-state index in [2.05, 4.69) is 0 Å². The van der Waals surface area contributed by atoms with E-state index in [4.69, 9.17) is 9.39 Å². The number of Topliss-reactive ketones (excluding diaryl/α,β-unsaturated/α-hetero) is 2. The maximum atomic E-state index is 12.2. The first-order chi connectivity index (χ1) is 11.5. The second kappa shape index (κ2) is 6.64. The number of cyclic esters (lactones) is 1. The maximum Gasteiger partial charge on any atom is 0.526 e. The second-order valence-corrected chi connectivity index (χ2v) is 6.10. The quantitative estimate of drug-likeness (QED) is 0.641. The van der Waals surface area contributed by atoms with Crippen molar-refractivity contribution in [1.82, 2.24) is 4.90 Å². The van der Waals surface area contributed by atoms with Gasteiger partial charge in [0, 0.05) is 12.2 Å². The number of nitrogens with zero attached hydrogens (tertiary/aromatic N) is 1. The van der Waals surface area contributed by atoms with Crippen LogP contribution in [0.5, 0.6) is 5.75 Å². The number of ether oxygens (including phenoxy) is 1. The molecule has 0 spiro atoms. The van der Waals surface area contributed by atoms with Crippen molar-refractivity contribution in [2.75, 3.05) is 19.7 Å². The Kier molecular flexibility index (Phi) is 4.57. The molecule has 1 amide bonds. The second-order valence-electron chi connectivity index (χ2n) is 6.10. The molecule has 1 aromatic carbocycles. The SMILES string of the molecule is CC(=O)c1cccc2c1OB(O)[C@@H](CC(=O)CN1CCOC1=O)C2. The maximum absolute atomic E-state index is 12.2. The fourth-order valence-corrected chi connectivity index (χ4v) is 3.07. The van der Waals surface area contributed by atoms with Gasteiger partial charge in [-0.1, -0.05) is 12.1 Å². The first-order valence-corrected chi connectivity index (χ1v) is 7.86. The number of hydrogen-bond donors (Lipinski definition) is 1. The molecule has 3 rings (SSSR count). The Bertz CT molecular complexity index is 691. The highest BCUT2D eigenvalue weighted by atomic mass is 16.6. The van der Waals surface area contributed by atoms with E-state index in [1.165, 1.54) is 11.8 Å². The van der Waals surface area contributed by atoms with Gasteiger partial charge in [0.2, 0.25) is 0 Å². The van der Waals surface area contributed by atoms with Gasteiger partial charge in [-0.15, -0.1) is 0 Å².